The monoisotopic (exact) mass is 213 g/mol. The van der Waals surface area contributed by atoms with Crippen LogP contribution in [-0.4, -0.2) is 44.5 Å². The van der Waals surface area contributed by atoms with Gasteiger partial charge in [0.25, 0.3) is 6.04 Å². The van der Waals surface area contributed by atoms with Gasteiger partial charge in [-0.2, -0.15) is 0 Å². The van der Waals surface area contributed by atoms with Gasteiger partial charge in [0.1, 0.15) is 6.61 Å². The van der Waals surface area contributed by atoms with Gasteiger partial charge in [-0.1, -0.05) is 0 Å². The summed E-state index contributed by atoms with van der Waals surface area (Å²) in [5.74, 6) is -1.02. The van der Waals surface area contributed by atoms with Crippen LogP contribution in [0.1, 0.15) is 13.3 Å². The van der Waals surface area contributed by atoms with Crippen LogP contribution in [0, 0.1) is 6.57 Å². The molecule has 1 heterocycles. The number of Topliss-reactive ketones (excluding diaryl/α,β-unsaturated/α-hetero) is 1. The molecule has 15 heavy (non-hydrogen) atoms. The molecule has 0 aromatic rings. The second kappa shape index (κ2) is 5.21. The first-order valence-corrected chi connectivity index (χ1v) is 4.77. The molecule has 84 valence electrons. The summed E-state index contributed by atoms with van der Waals surface area (Å²) in [4.78, 5) is 14.7. The average Bonchev–Trinajstić information content (AvgIpc) is 2.62. The lowest BCUT2D eigenvalue weighted by atomic mass is 10.0. The quantitative estimate of drug-likeness (QED) is 0.629. The zero-order valence-corrected chi connectivity index (χ0v) is 8.99. The maximum absolute atomic E-state index is 11.5. The van der Waals surface area contributed by atoms with E-state index in [1.165, 1.54) is 7.11 Å². The van der Waals surface area contributed by atoms with Crippen LogP contribution in [0.15, 0.2) is 0 Å². The summed E-state index contributed by atoms with van der Waals surface area (Å²) in [5, 5.41) is 0. The first kappa shape index (κ1) is 12.1. The number of ketones is 1. The van der Waals surface area contributed by atoms with Crippen LogP contribution in [0.3, 0.4) is 0 Å². The standard InChI is InChI=1S/C10H15NO4/c1-10(14-4-5-15-10)6-8(11-2)9(12)7-13-3/h8H,4-7H2,1,3H3. The van der Waals surface area contributed by atoms with Crippen molar-refractivity contribution in [2.75, 3.05) is 26.9 Å². The smallest absolute Gasteiger partial charge is 0.288 e. The molecule has 0 N–H and O–H groups in total. The number of hydrogen-bond donors (Lipinski definition) is 0. The van der Waals surface area contributed by atoms with E-state index < -0.39 is 11.8 Å². The van der Waals surface area contributed by atoms with Crippen molar-refractivity contribution in [3.05, 3.63) is 11.4 Å². The lowest BCUT2D eigenvalue weighted by molar-refractivity contribution is -0.153. The Balaban J connectivity index is 2.53. The van der Waals surface area contributed by atoms with Crippen LogP contribution in [0.4, 0.5) is 0 Å². The highest BCUT2D eigenvalue weighted by molar-refractivity contribution is 5.86. The Bertz CT molecular complexity index is 265. The van der Waals surface area contributed by atoms with Crippen molar-refractivity contribution in [3.8, 4) is 0 Å². The van der Waals surface area contributed by atoms with Crippen molar-refractivity contribution in [2.24, 2.45) is 0 Å². The van der Waals surface area contributed by atoms with Crippen molar-refractivity contribution in [2.45, 2.75) is 25.2 Å². The lowest BCUT2D eigenvalue weighted by Crippen LogP contribution is -2.34. The van der Waals surface area contributed by atoms with E-state index in [9.17, 15) is 4.79 Å². The third kappa shape index (κ3) is 3.27. The van der Waals surface area contributed by atoms with E-state index in [4.69, 9.17) is 20.8 Å². The Kier molecular flexibility index (Phi) is 4.21. The molecule has 1 unspecified atom stereocenters. The number of carbonyl (C=O) groups excluding carboxylic acids is 1. The fraction of sp³-hybridized carbons (Fsp3) is 0.800. The highest BCUT2D eigenvalue weighted by Gasteiger charge is 2.39. The van der Waals surface area contributed by atoms with Gasteiger partial charge >= 0.3 is 0 Å². The molecule has 0 radical (unpaired) electrons. The van der Waals surface area contributed by atoms with Gasteiger partial charge in [0.15, 0.2) is 5.79 Å². The number of nitrogens with zero attached hydrogens (tertiary/aromatic N) is 1. The summed E-state index contributed by atoms with van der Waals surface area (Å²) in [6.07, 6.45) is 0.263. The Hall–Kier alpha value is -0.960. The minimum atomic E-state index is -0.793. The maximum atomic E-state index is 11.5. The van der Waals surface area contributed by atoms with E-state index in [1.807, 2.05) is 0 Å². The third-order valence-corrected chi connectivity index (χ3v) is 2.28. The summed E-state index contributed by atoms with van der Waals surface area (Å²) in [6, 6.07) is -0.743. The molecule has 0 spiro atoms. The van der Waals surface area contributed by atoms with Crippen LogP contribution in [0.5, 0.6) is 0 Å². The third-order valence-electron chi connectivity index (χ3n) is 2.28. The Morgan fingerprint density at radius 1 is 1.60 bits per heavy atom. The van der Waals surface area contributed by atoms with Crippen molar-refractivity contribution in [1.29, 1.82) is 0 Å². The Morgan fingerprint density at radius 3 is 2.67 bits per heavy atom. The molecule has 0 aliphatic carbocycles. The topological polar surface area (TPSA) is 49.1 Å². The molecule has 1 aliphatic heterocycles. The first-order valence-electron chi connectivity index (χ1n) is 4.77. The fourth-order valence-electron chi connectivity index (χ4n) is 1.50. The lowest BCUT2D eigenvalue weighted by Gasteiger charge is -2.21. The number of carbonyl (C=O) groups is 1. The van der Waals surface area contributed by atoms with Gasteiger partial charge in [0.2, 0.25) is 5.78 Å². The van der Waals surface area contributed by atoms with Crippen LogP contribution in [0.25, 0.3) is 4.85 Å². The summed E-state index contributed by atoms with van der Waals surface area (Å²) < 4.78 is 15.4. The highest BCUT2D eigenvalue weighted by Crippen LogP contribution is 2.25. The van der Waals surface area contributed by atoms with E-state index >= 15 is 0 Å². The predicted molar refractivity (Wildman–Crippen MR) is 52.2 cm³/mol. The van der Waals surface area contributed by atoms with E-state index in [1.54, 1.807) is 6.92 Å². The molecule has 5 heteroatoms. The molecule has 1 rings (SSSR count). The SMILES string of the molecule is [C-]#[N+]C(CC1(C)OCCO1)C(=O)COC. The molecular weight excluding hydrogens is 198 g/mol. The van der Waals surface area contributed by atoms with Gasteiger partial charge in [0.05, 0.1) is 19.6 Å². The number of ether oxygens (including phenoxy) is 3. The second-order valence-electron chi connectivity index (χ2n) is 3.58. The zero-order valence-electron chi connectivity index (χ0n) is 8.99. The van der Waals surface area contributed by atoms with Gasteiger partial charge < -0.3 is 19.1 Å². The fourth-order valence-corrected chi connectivity index (χ4v) is 1.50. The minimum absolute atomic E-state index is 0.0386. The van der Waals surface area contributed by atoms with Crippen molar-refractivity contribution >= 4 is 5.78 Å². The Morgan fingerprint density at radius 2 is 2.20 bits per heavy atom. The summed E-state index contributed by atoms with van der Waals surface area (Å²) >= 11 is 0. The molecule has 0 amide bonds. The van der Waals surface area contributed by atoms with E-state index in [0.29, 0.717) is 13.2 Å². The van der Waals surface area contributed by atoms with Crippen LogP contribution in [-0.2, 0) is 19.0 Å². The molecule has 1 fully saturated rings. The van der Waals surface area contributed by atoms with Gasteiger partial charge in [-0.15, -0.1) is 0 Å². The van der Waals surface area contributed by atoms with Crippen LogP contribution in [0.2, 0.25) is 0 Å². The van der Waals surface area contributed by atoms with E-state index in [2.05, 4.69) is 4.85 Å². The Labute approximate surface area is 89.1 Å². The van der Waals surface area contributed by atoms with Gasteiger partial charge in [-0.25, -0.2) is 6.57 Å². The van der Waals surface area contributed by atoms with Crippen molar-refractivity contribution in [1.82, 2.24) is 0 Å². The van der Waals surface area contributed by atoms with Gasteiger partial charge in [-0.05, 0) is 6.92 Å². The van der Waals surface area contributed by atoms with E-state index in [0.717, 1.165) is 0 Å². The predicted octanol–water partition coefficient (Wildman–Crippen LogP) is 0.643. The van der Waals surface area contributed by atoms with E-state index in [-0.39, 0.29) is 18.8 Å². The van der Waals surface area contributed by atoms with Crippen LogP contribution < -0.4 is 0 Å². The summed E-state index contributed by atoms with van der Waals surface area (Å²) in [7, 11) is 1.43. The van der Waals surface area contributed by atoms with Gasteiger partial charge in [0, 0.05) is 7.11 Å². The van der Waals surface area contributed by atoms with Crippen LogP contribution >= 0.6 is 0 Å². The molecule has 1 aliphatic rings. The number of rotatable bonds is 5. The molecule has 0 bridgehead atoms. The molecule has 0 aromatic carbocycles. The summed E-state index contributed by atoms with van der Waals surface area (Å²) in [6.45, 7) is 9.69. The largest absolute Gasteiger partial charge is 0.377 e. The molecular formula is C10H15NO4. The minimum Gasteiger partial charge on any atom is -0.377 e. The zero-order chi connectivity index (χ0) is 11.3. The summed E-state index contributed by atoms with van der Waals surface area (Å²) in [5.41, 5.74) is 0. The van der Waals surface area contributed by atoms with Crippen molar-refractivity contribution in [3.63, 3.8) is 0 Å². The molecule has 0 saturated carbocycles. The number of hydrogen-bond acceptors (Lipinski definition) is 4. The molecule has 5 nitrogen and oxygen atoms in total. The molecule has 1 atom stereocenters. The molecule has 1 saturated heterocycles. The van der Waals surface area contributed by atoms with Gasteiger partial charge in [-0.3, -0.25) is 4.79 Å². The normalized spacial score (nSPS) is 20.9. The number of methoxy groups -OCH3 is 1. The first-order chi connectivity index (χ1) is 7.11. The van der Waals surface area contributed by atoms with Crippen molar-refractivity contribution < 1.29 is 19.0 Å². The maximum Gasteiger partial charge on any atom is 0.288 e. The highest BCUT2D eigenvalue weighted by atomic mass is 16.7. The average molecular weight is 213 g/mol. The molecule has 0 aromatic heterocycles. The second-order valence-corrected chi connectivity index (χ2v) is 3.58.